The number of carbonyl (C=O) groups is 1. The number of aliphatic carboxylic acids is 1. The van der Waals surface area contributed by atoms with E-state index in [-0.39, 0.29) is 18.3 Å². The second-order valence-electron chi connectivity index (χ2n) is 4.95. The van der Waals surface area contributed by atoms with Crippen molar-refractivity contribution in [3.63, 3.8) is 0 Å². The van der Waals surface area contributed by atoms with Crippen LogP contribution in [0.4, 0.5) is 4.39 Å². The quantitative estimate of drug-likeness (QED) is 0.894. The zero-order valence-corrected chi connectivity index (χ0v) is 10.5. The molecule has 0 aromatic heterocycles. The van der Waals surface area contributed by atoms with Gasteiger partial charge < -0.3 is 5.11 Å². The Labute approximate surface area is 106 Å². The Hall–Kier alpha value is -1.42. The standard InChI is InChI=1S/C14H18FNO2/c1-10-5-7-16(8-6-13(17)18)14(10)11-3-2-4-12(15)9-11/h2-4,9-10,14H,5-8H2,1H3,(H,17,18)/t10-,14+/m1/s1. The Bertz CT molecular complexity index is 436. The number of rotatable bonds is 4. The van der Waals surface area contributed by atoms with E-state index in [2.05, 4.69) is 11.8 Å². The van der Waals surface area contributed by atoms with Crippen molar-refractivity contribution in [1.29, 1.82) is 0 Å². The highest BCUT2D eigenvalue weighted by atomic mass is 19.1. The van der Waals surface area contributed by atoms with Crippen LogP contribution in [0.15, 0.2) is 24.3 Å². The number of likely N-dealkylation sites (tertiary alicyclic amines) is 1. The molecular formula is C14H18FNO2. The van der Waals surface area contributed by atoms with E-state index in [0.29, 0.717) is 12.5 Å². The number of hydrogen-bond acceptors (Lipinski definition) is 2. The Kier molecular flexibility index (Phi) is 3.97. The van der Waals surface area contributed by atoms with Crippen LogP contribution in [0.1, 0.15) is 31.4 Å². The largest absolute Gasteiger partial charge is 0.481 e. The van der Waals surface area contributed by atoms with Gasteiger partial charge in [0, 0.05) is 12.6 Å². The van der Waals surface area contributed by atoms with E-state index in [4.69, 9.17) is 5.11 Å². The molecule has 3 nitrogen and oxygen atoms in total. The fourth-order valence-corrected chi connectivity index (χ4v) is 2.75. The molecule has 0 amide bonds. The third kappa shape index (κ3) is 2.88. The third-order valence-corrected chi connectivity index (χ3v) is 3.61. The molecule has 0 aliphatic carbocycles. The normalized spacial score (nSPS) is 24.3. The molecule has 1 aromatic rings. The molecule has 4 heteroatoms. The van der Waals surface area contributed by atoms with E-state index in [0.717, 1.165) is 18.5 Å². The van der Waals surface area contributed by atoms with Crippen LogP contribution in [0.25, 0.3) is 0 Å². The summed E-state index contributed by atoms with van der Waals surface area (Å²) in [4.78, 5) is 12.8. The molecule has 1 aromatic carbocycles. The van der Waals surface area contributed by atoms with Crippen molar-refractivity contribution >= 4 is 5.97 Å². The van der Waals surface area contributed by atoms with E-state index in [9.17, 15) is 9.18 Å². The van der Waals surface area contributed by atoms with E-state index in [1.54, 1.807) is 12.1 Å². The number of nitrogens with zero attached hydrogens (tertiary/aromatic N) is 1. The molecule has 1 aliphatic heterocycles. The third-order valence-electron chi connectivity index (χ3n) is 3.61. The van der Waals surface area contributed by atoms with Gasteiger partial charge in [0.2, 0.25) is 0 Å². The van der Waals surface area contributed by atoms with Crippen molar-refractivity contribution in [1.82, 2.24) is 4.90 Å². The topological polar surface area (TPSA) is 40.5 Å². The van der Waals surface area contributed by atoms with Gasteiger partial charge in [-0.2, -0.15) is 0 Å². The Morgan fingerprint density at radius 3 is 3.00 bits per heavy atom. The maximum atomic E-state index is 13.3. The number of hydrogen-bond donors (Lipinski definition) is 1. The summed E-state index contributed by atoms with van der Waals surface area (Å²) in [6, 6.07) is 6.76. The summed E-state index contributed by atoms with van der Waals surface area (Å²) >= 11 is 0. The zero-order valence-electron chi connectivity index (χ0n) is 10.5. The molecule has 0 spiro atoms. The van der Waals surface area contributed by atoms with E-state index >= 15 is 0 Å². The first-order valence-corrected chi connectivity index (χ1v) is 6.29. The molecule has 2 rings (SSSR count). The van der Waals surface area contributed by atoms with Crippen molar-refractivity contribution in [2.24, 2.45) is 5.92 Å². The van der Waals surface area contributed by atoms with Crippen LogP contribution in [0.2, 0.25) is 0 Å². The van der Waals surface area contributed by atoms with Crippen LogP contribution in [0.5, 0.6) is 0 Å². The summed E-state index contributed by atoms with van der Waals surface area (Å²) in [5.74, 6) is -0.585. The van der Waals surface area contributed by atoms with Gasteiger partial charge in [0.1, 0.15) is 5.82 Å². The summed E-state index contributed by atoms with van der Waals surface area (Å²) in [5, 5.41) is 8.75. The number of carboxylic acid groups (broad SMARTS) is 1. The second-order valence-corrected chi connectivity index (χ2v) is 4.95. The van der Waals surface area contributed by atoms with Crippen LogP contribution in [0, 0.1) is 11.7 Å². The minimum Gasteiger partial charge on any atom is -0.481 e. The summed E-state index contributed by atoms with van der Waals surface area (Å²) in [6.45, 7) is 3.55. The van der Waals surface area contributed by atoms with Gasteiger partial charge in [0.15, 0.2) is 0 Å². The van der Waals surface area contributed by atoms with Crippen molar-refractivity contribution < 1.29 is 14.3 Å². The van der Waals surface area contributed by atoms with Crippen LogP contribution in [-0.4, -0.2) is 29.1 Å². The fourth-order valence-electron chi connectivity index (χ4n) is 2.75. The van der Waals surface area contributed by atoms with Gasteiger partial charge >= 0.3 is 5.97 Å². The smallest absolute Gasteiger partial charge is 0.304 e. The average Bonchev–Trinajstić information content (AvgIpc) is 2.68. The van der Waals surface area contributed by atoms with Gasteiger partial charge in [-0.15, -0.1) is 0 Å². The molecular weight excluding hydrogens is 233 g/mol. The minimum absolute atomic E-state index is 0.137. The SMILES string of the molecule is C[C@@H]1CCN(CCC(=O)O)[C@@H]1c1cccc(F)c1. The highest BCUT2D eigenvalue weighted by molar-refractivity contribution is 5.66. The molecule has 1 saturated heterocycles. The number of benzene rings is 1. The molecule has 2 atom stereocenters. The van der Waals surface area contributed by atoms with Crippen LogP contribution in [0.3, 0.4) is 0 Å². The molecule has 98 valence electrons. The fraction of sp³-hybridized carbons (Fsp3) is 0.500. The Morgan fingerprint density at radius 2 is 2.33 bits per heavy atom. The molecule has 1 aliphatic rings. The summed E-state index contributed by atoms with van der Waals surface area (Å²) < 4.78 is 13.3. The monoisotopic (exact) mass is 251 g/mol. The predicted molar refractivity (Wildman–Crippen MR) is 66.7 cm³/mol. The van der Waals surface area contributed by atoms with E-state index in [1.807, 2.05) is 6.07 Å². The second kappa shape index (κ2) is 5.48. The molecule has 18 heavy (non-hydrogen) atoms. The first-order chi connectivity index (χ1) is 8.58. The lowest BCUT2D eigenvalue weighted by Gasteiger charge is -2.26. The lowest BCUT2D eigenvalue weighted by atomic mass is 9.95. The number of halogens is 1. The van der Waals surface area contributed by atoms with Crippen LogP contribution >= 0.6 is 0 Å². The lowest BCUT2D eigenvalue weighted by molar-refractivity contribution is -0.137. The highest BCUT2D eigenvalue weighted by Gasteiger charge is 2.32. The van der Waals surface area contributed by atoms with Gasteiger partial charge in [0.25, 0.3) is 0 Å². The highest BCUT2D eigenvalue weighted by Crippen LogP contribution is 2.36. The molecule has 0 bridgehead atoms. The molecule has 0 saturated carbocycles. The zero-order chi connectivity index (χ0) is 13.1. The maximum Gasteiger partial charge on any atom is 0.304 e. The predicted octanol–water partition coefficient (Wildman–Crippen LogP) is 2.68. The minimum atomic E-state index is -0.785. The Morgan fingerprint density at radius 1 is 1.56 bits per heavy atom. The molecule has 1 N–H and O–H groups in total. The molecule has 0 radical (unpaired) electrons. The molecule has 0 unspecified atom stereocenters. The van der Waals surface area contributed by atoms with Gasteiger partial charge in [-0.25, -0.2) is 4.39 Å². The summed E-state index contributed by atoms with van der Waals surface area (Å²) in [7, 11) is 0. The van der Waals surface area contributed by atoms with Crippen molar-refractivity contribution in [3.05, 3.63) is 35.6 Å². The van der Waals surface area contributed by atoms with Crippen molar-refractivity contribution in [3.8, 4) is 0 Å². The van der Waals surface area contributed by atoms with Crippen LogP contribution < -0.4 is 0 Å². The van der Waals surface area contributed by atoms with E-state index < -0.39 is 5.97 Å². The van der Waals surface area contributed by atoms with E-state index in [1.165, 1.54) is 6.07 Å². The van der Waals surface area contributed by atoms with Crippen molar-refractivity contribution in [2.45, 2.75) is 25.8 Å². The van der Waals surface area contributed by atoms with Gasteiger partial charge in [-0.05, 0) is 36.6 Å². The van der Waals surface area contributed by atoms with Crippen LogP contribution in [-0.2, 0) is 4.79 Å². The van der Waals surface area contributed by atoms with Gasteiger partial charge in [-0.1, -0.05) is 19.1 Å². The summed E-state index contributed by atoms with van der Waals surface area (Å²) in [5.41, 5.74) is 0.949. The molecule has 1 fully saturated rings. The lowest BCUT2D eigenvalue weighted by Crippen LogP contribution is -2.27. The average molecular weight is 251 g/mol. The van der Waals surface area contributed by atoms with Gasteiger partial charge in [-0.3, -0.25) is 9.69 Å². The first-order valence-electron chi connectivity index (χ1n) is 6.29. The van der Waals surface area contributed by atoms with Gasteiger partial charge in [0.05, 0.1) is 6.42 Å². The summed E-state index contributed by atoms with van der Waals surface area (Å²) in [6.07, 6.45) is 1.17. The maximum absolute atomic E-state index is 13.3. The first kappa shape index (κ1) is 13.0. The Balaban J connectivity index is 2.14. The number of carboxylic acids is 1. The molecule has 1 heterocycles. The van der Waals surface area contributed by atoms with Crippen molar-refractivity contribution in [2.75, 3.05) is 13.1 Å².